The van der Waals surface area contributed by atoms with Crippen LogP contribution in [0.1, 0.15) is 19.0 Å². The fourth-order valence-corrected chi connectivity index (χ4v) is 2.80. The molecule has 0 aliphatic carbocycles. The molecule has 2 N–H and O–H groups in total. The summed E-state index contributed by atoms with van der Waals surface area (Å²) in [5.41, 5.74) is 0.986. The number of anilines is 1. The molecule has 1 aromatic rings. The third kappa shape index (κ3) is 2.18. The van der Waals surface area contributed by atoms with E-state index in [0.29, 0.717) is 5.92 Å². The van der Waals surface area contributed by atoms with Crippen LogP contribution >= 0.6 is 11.5 Å². The number of aromatic nitrogens is 2. The largest absolute Gasteiger partial charge is 0.395 e. The molecule has 2 rings (SSSR count). The number of nitrogens with zero attached hydrogens (tertiary/aromatic N) is 3. The molecule has 0 bridgehead atoms. The molecule has 6 heteroatoms. The van der Waals surface area contributed by atoms with Gasteiger partial charge >= 0.3 is 0 Å². The van der Waals surface area contributed by atoms with Gasteiger partial charge in [0.05, 0.1) is 6.61 Å². The number of rotatable bonds is 4. The van der Waals surface area contributed by atoms with E-state index in [1.807, 2.05) is 7.05 Å². The van der Waals surface area contributed by atoms with E-state index in [1.165, 1.54) is 11.5 Å². The Bertz CT molecular complexity index is 343. The van der Waals surface area contributed by atoms with E-state index < -0.39 is 0 Å². The highest BCUT2D eigenvalue weighted by Gasteiger charge is 2.31. The van der Waals surface area contributed by atoms with Crippen molar-refractivity contribution in [1.29, 1.82) is 0 Å². The van der Waals surface area contributed by atoms with Crippen LogP contribution < -0.4 is 5.32 Å². The predicted molar refractivity (Wildman–Crippen MR) is 64.5 cm³/mol. The fourth-order valence-electron chi connectivity index (χ4n) is 2.27. The van der Waals surface area contributed by atoms with Crippen molar-refractivity contribution in [3.05, 3.63) is 5.69 Å². The molecule has 1 saturated heterocycles. The lowest BCUT2D eigenvalue weighted by molar-refractivity contribution is 0.133. The molecule has 1 aliphatic heterocycles. The van der Waals surface area contributed by atoms with Gasteiger partial charge in [0.15, 0.2) is 0 Å². The maximum Gasteiger partial charge on any atom is 0.134 e. The minimum Gasteiger partial charge on any atom is -0.395 e. The third-order valence-corrected chi connectivity index (χ3v) is 4.11. The summed E-state index contributed by atoms with van der Waals surface area (Å²) in [7, 11) is 1.88. The van der Waals surface area contributed by atoms with Crippen LogP contribution in [-0.4, -0.2) is 45.8 Å². The first-order valence-electron chi connectivity index (χ1n) is 5.60. The molecule has 0 spiro atoms. The Morgan fingerprint density at radius 2 is 2.44 bits per heavy atom. The summed E-state index contributed by atoms with van der Waals surface area (Å²) in [5, 5.41) is 17.6. The Kier molecular flexibility index (Phi) is 3.73. The highest BCUT2D eigenvalue weighted by atomic mass is 32.1. The molecule has 1 aliphatic rings. The van der Waals surface area contributed by atoms with Gasteiger partial charge in [0.25, 0.3) is 0 Å². The van der Waals surface area contributed by atoms with E-state index >= 15 is 0 Å². The first kappa shape index (κ1) is 11.8. The van der Waals surface area contributed by atoms with Crippen LogP contribution in [0.25, 0.3) is 0 Å². The molecular weight excluding hydrogens is 224 g/mol. The Morgan fingerprint density at radius 1 is 1.62 bits per heavy atom. The van der Waals surface area contributed by atoms with Gasteiger partial charge in [0.1, 0.15) is 10.7 Å². The van der Waals surface area contributed by atoms with Gasteiger partial charge in [-0.1, -0.05) is 11.4 Å². The Hall–Kier alpha value is -0.720. The second-order valence-corrected chi connectivity index (χ2v) is 5.04. The van der Waals surface area contributed by atoms with Crippen molar-refractivity contribution in [2.75, 3.05) is 25.5 Å². The van der Waals surface area contributed by atoms with E-state index in [4.69, 9.17) is 0 Å². The average Bonchev–Trinajstić information content (AvgIpc) is 2.86. The normalized spacial score (nSPS) is 26.2. The first-order valence-corrected chi connectivity index (χ1v) is 6.37. The van der Waals surface area contributed by atoms with Crippen molar-refractivity contribution >= 4 is 16.5 Å². The van der Waals surface area contributed by atoms with Gasteiger partial charge in [-0.25, -0.2) is 0 Å². The average molecular weight is 242 g/mol. The van der Waals surface area contributed by atoms with Crippen molar-refractivity contribution in [2.45, 2.75) is 25.9 Å². The zero-order valence-electron chi connectivity index (χ0n) is 9.68. The molecule has 0 saturated carbocycles. The second kappa shape index (κ2) is 5.07. The Balaban J connectivity index is 2.04. The SMILES string of the molecule is CNc1snnc1CN1CCC(C)C1CO. The van der Waals surface area contributed by atoms with E-state index in [2.05, 4.69) is 26.7 Å². The summed E-state index contributed by atoms with van der Waals surface area (Å²) in [6, 6.07) is 0.270. The summed E-state index contributed by atoms with van der Waals surface area (Å²) in [6.07, 6.45) is 1.15. The fraction of sp³-hybridized carbons (Fsp3) is 0.800. The van der Waals surface area contributed by atoms with E-state index in [1.54, 1.807) is 0 Å². The lowest BCUT2D eigenvalue weighted by Gasteiger charge is -2.24. The maximum absolute atomic E-state index is 9.37. The summed E-state index contributed by atoms with van der Waals surface area (Å²) < 4.78 is 3.94. The minimum atomic E-state index is 0.230. The Labute approximate surface area is 99.6 Å². The number of nitrogens with one attached hydrogen (secondary N) is 1. The van der Waals surface area contributed by atoms with Crippen LogP contribution in [0.5, 0.6) is 0 Å². The predicted octanol–water partition coefficient (Wildman–Crippen LogP) is 0.782. The van der Waals surface area contributed by atoms with Crippen molar-refractivity contribution in [3.63, 3.8) is 0 Å². The number of hydrogen-bond donors (Lipinski definition) is 2. The molecule has 1 fully saturated rings. The van der Waals surface area contributed by atoms with Crippen molar-refractivity contribution < 1.29 is 5.11 Å². The van der Waals surface area contributed by atoms with Gasteiger partial charge < -0.3 is 10.4 Å². The number of likely N-dealkylation sites (tertiary alicyclic amines) is 1. The van der Waals surface area contributed by atoms with Crippen molar-refractivity contribution in [3.8, 4) is 0 Å². The lowest BCUT2D eigenvalue weighted by Crippen LogP contribution is -2.34. The van der Waals surface area contributed by atoms with Crippen LogP contribution in [0.3, 0.4) is 0 Å². The van der Waals surface area contributed by atoms with E-state index in [0.717, 1.165) is 30.2 Å². The van der Waals surface area contributed by atoms with Gasteiger partial charge in [-0.15, -0.1) is 5.10 Å². The van der Waals surface area contributed by atoms with Crippen molar-refractivity contribution in [1.82, 2.24) is 14.5 Å². The van der Waals surface area contributed by atoms with E-state index in [-0.39, 0.29) is 12.6 Å². The number of aliphatic hydroxyl groups is 1. The van der Waals surface area contributed by atoms with Crippen molar-refractivity contribution in [2.24, 2.45) is 5.92 Å². The van der Waals surface area contributed by atoms with Crippen LogP contribution in [0, 0.1) is 5.92 Å². The highest BCUT2D eigenvalue weighted by Crippen LogP contribution is 2.27. The smallest absolute Gasteiger partial charge is 0.134 e. The summed E-state index contributed by atoms with van der Waals surface area (Å²) in [6.45, 7) is 4.24. The van der Waals surface area contributed by atoms with Crippen LogP contribution in [0.15, 0.2) is 0 Å². The zero-order valence-corrected chi connectivity index (χ0v) is 10.5. The van der Waals surface area contributed by atoms with Gasteiger partial charge in [0, 0.05) is 31.2 Å². The molecule has 0 amide bonds. The molecule has 16 heavy (non-hydrogen) atoms. The van der Waals surface area contributed by atoms with Crippen LogP contribution in [0.2, 0.25) is 0 Å². The van der Waals surface area contributed by atoms with Gasteiger partial charge in [-0.3, -0.25) is 4.90 Å². The monoisotopic (exact) mass is 242 g/mol. The van der Waals surface area contributed by atoms with Gasteiger partial charge in [-0.05, 0) is 18.9 Å². The molecule has 5 nitrogen and oxygen atoms in total. The summed E-state index contributed by atoms with van der Waals surface area (Å²) in [5.74, 6) is 0.564. The molecule has 0 radical (unpaired) electrons. The highest BCUT2D eigenvalue weighted by molar-refractivity contribution is 7.10. The second-order valence-electron chi connectivity index (χ2n) is 4.29. The van der Waals surface area contributed by atoms with Gasteiger partial charge in [0.2, 0.25) is 0 Å². The van der Waals surface area contributed by atoms with E-state index in [9.17, 15) is 5.11 Å². The number of hydrogen-bond acceptors (Lipinski definition) is 6. The molecule has 2 heterocycles. The molecule has 2 unspecified atom stereocenters. The first-order chi connectivity index (χ1) is 7.76. The Morgan fingerprint density at radius 3 is 3.12 bits per heavy atom. The van der Waals surface area contributed by atoms with Crippen LogP contribution in [-0.2, 0) is 6.54 Å². The zero-order chi connectivity index (χ0) is 11.5. The van der Waals surface area contributed by atoms with Crippen LogP contribution in [0.4, 0.5) is 5.00 Å². The third-order valence-electron chi connectivity index (χ3n) is 3.32. The summed E-state index contributed by atoms with van der Waals surface area (Å²) in [4.78, 5) is 2.29. The maximum atomic E-state index is 9.37. The molecule has 1 aromatic heterocycles. The molecular formula is C10H18N4OS. The number of aliphatic hydroxyl groups excluding tert-OH is 1. The lowest BCUT2D eigenvalue weighted by atomic mass is 10.0. The summed E-state index contributed by atoms with van der Waals surface area (Å²) >= 11 is 1.38. The standard InChI is InChI=1S/C10H18N4OS/c1-7-3-4-14(9(7)6-15)5-8-10(11-2)16-13-12-8/h7,9,11,15H,3-6H2,1-2H3. The molecule has 90 valence electrons. The minimum absolute atomic E-state index is 0.230. The molecule has 2 atom stereocenters. The quantitative estimate of drug-likeness (QED) is 0.817. The topological polar surface area (TPSA) is 61.3 Å². The van der Waals surface area contributed by atoms with Gasteiger partial charge in [-0.2, -0.15) is 0 Å². The molecule has 0 aromatic carbocycles.